The van der Waals surface area contributed by atoms with Gasteiger partial charge in [0.05, 0.1) is 0 Å². The van der Waals surface area contributed by atoms with E-state index >= 15 is 0 Å². The maximum absolute atomic E-state index is 14.4. The molecule has 0 N–H and O–H groups in total. The maximum atomic E-state index is 14.4. The highest BCUT2D eigenvalue weighted by Crippen LogP contribution is 2.38. The molecule has 0 nitrogen and oxygen atoms in total. The Morgan fingerprint density at radius 2 is 0.833 bits per heavy atom. The molecule has 0 amide bonds. The number of hydrogen-bond acceptors (Lipinski definition) is 0. The lowest BCUT2D eigenvalue weighted by atomic mass is 9.76. The minimum atomic E-state index is -0.685. The van der Waals surface area contributed by atoms with Crippen molar-refractivity contribution in [3.8, 4) is 0 Å². The normalized spacial score (nSPS) is 13.0. The summed E-state index contributed by atoms with van der Waals surface area (Å²) in [7, 11) is 0. The van der Waals surface area contributed by atoms with Gasteiger partial charge in [-0.15, -0.1) is 0 Å². The standard InChI is InChI=1S/C16H24F2/c1-9-10(2)12(16(6,7)8)14(18)13(17)11(9)15(3,4)5/h1-8H3. The minimum Gasteiger partial charge on any atom is -0.203 e. The van der Waals surface area contributed by atoms with Crippen molar-refractivity contribution in [1.29, 1.82) is 0 Å². The third-order valence-corrected chi connectivity index (χ3v) is 3.44. The van der Waals surface area contributed by atoms with Crippen LogP contribution in [-0.4, -0.2) is 0 Å². The second kappa shape index (κ2) is 4.32. The Labute approximate surface area is 109 Å². The van der Waals surface area contributed by atoms with Gasteiger partial charge in [0.25, 0.3) is 0 Å². The van der Waals surface area contributed by atoms with Gasteiger partial charge in [-0.3, -0.25) is 0 Å². The van der Waals surface area contributed by atoms with Gasteiger partial charge in [0.15, 0.2) is 11.6 Å². The first-order valence-electron chi connectivity index (χ1n) is 6.38. The van der Waals surface area contributed by atoms with Gasteiger partial charge in [0.1, 0.15) is 0 Å². The first-order chi connectivity index (χ1) is 7.89. The highest BCUT2D eigenvalue weighted by molar-refractivity contribution is 5.47. The van der Waals surface area contributed by atoms with E-state index in [2.05, 4.69) is 0 Å². The molecular weight excluding hydrogens is 230 g/mol. The molecule has 0 spiro atoms. The highest BCUT2D eigenvalue weighted by atomic mass is 19.2. The van der Waals surface area contributed by atoms with Gasteiger partial charge in [-0.25, -0.2) is 8.78 Å². The molecule has 102 valence electrons. The Hall–Kier alpha value is -0.920. The van der Waals surface area contributed by atoms with Crippen LogP contribution in [0.3, 0.4) is 0 Å². The molecule has 18 heavy (non-hydrogen) atoms. The van der Waals surface area contributed by atoms with Crippen molar-refractivity contribution in [3.63, 3.8) is 0 Å². The average Bonchev–Trinajstić information content (AvgIpc) is 2.10. The molecule has 0 unspecified atom stereocenters. The largest absolute Gasteiger partial charge is 0.203 e. The fourth-order valence-electron chi connectivity index (χ4n) is 2.71. The fraction of sp³-hybridized carbons (Fsp3) is 0.625. The van der Waals surface area contributed by atoms with Crippen LogP contribution in [0.1, 0.15) is 63.8 Å². The first-order valence-corrected chi connectivity index (χ1v) is 6.38. The fourth-order valence-corrected chi connectivity index (χ4v) is 2.71. The monoisotopic (exact) mass is 254 g/mol. The number of halogens is 2. The van der Waals surface area contributed by atoms with Crippen molar-refractivity contribution in [1.82, 2.24) is 0 Å². The Kier molecular flexibility index (Phi) is 3.64. The molecule has 0 radical (unpaired) electrons. The molecule has 0 aliphatic carbocycles. The predicted molar refractivity (Wildman–Crippen MR) is 73.2 cm³/mol. The highest BCUT2D eigenvalue weighted by Gasteiger charge is 2.31. The zero-order valence-electron chi connectivity index (χ0n) is 12.8. The molecule has 0 bridgehead atoms. The van der Waals surface area contributed by atoms with E-state index in [1.165, 1.54) is 0 Å². The molecular formula is C16H24F2. The molecule has 0 saturated heterocycles. The van der Waals surface area contributed by atoms with Crippen molar-refractivity contribution in [3.05, 3.63) is 33.9 Å². The van der Waals surface area contributed by atoms with Crippen LogP contribution in [0.5, 0.6) is 0 Å². The van der Waals surface area contributed by atoms with Gasteiger partial charge in [-0.1, -0.05) is 41.5 Å². The Morgan fingerprint density at radius 3 is 1.00 bits per heavy atom. The van der Waals surface area contributed by atoms with E-state index in [0.717, 1.165) is 11.1 Å². The Morgan fingerprint density at radius 1 is 0.611 bits per heavy atom. The van der Waals surface area contributed by atoms with Gasteiger partial charge >= 0.3 is 0 Å². The van der Waals surface area contributed by atoms with Gasteiger partial charge in [0, 0.05) is 0 Å². The predicted octanol–water partition coefficient (Wildman–Crippen LogP) is 5.18. The third-order valence-electron chi connectivity index (χ3n) is 3.44. The Bertz CT molecular complexity index is 397. The second-order valence-corrected chi connectivity index (χ2v) is 7.13. The lowest BCUT2D eigenvalue weighted by Crippen LogP contribution is -2.23. The summed E-state index contributed by atoms with van der Waals surface area (Å²) >= 11 is 0. The molecule has 1 rings (SSSR count). The summed E-state index contributed by atoms with van der Waals surface area (Å²) in [6.45, 7) is 15.2. The number of hydrogen-bond donors (Lipinski definition) is 0. The van der Waals surface area contributed by atoms with E-state index in [-0.39, 0.29) is 0 Å². The van der Waals surface area contributed by atoms with Gasteiger partial charge < -0.3 is 0 Å². The van der Waals surface area contributed by atoms with Gasteiger partial charge in [0.2, 0.25) is 0 Å². The van der Waals surface area contributed by atoms with Crippen LogP contribution in [0, 0.1) is 25.5 Å². The molecule has 2 heteroatoms. The lowest BCUT2D eigenvalue weighted by Gasteiger charge is -2.30. The molecule has 0 heterocycles. The second-order valence-electron chi connectivity index (χ2n) is 7.13. The summed E-state index contributed by atoms with van der Waals surface area (Å²) in [5, 5.41) is 0. The van der Waals surface area contributed by atoms with Gasteiger partial charge in [-0.2, -0.15) is 0 Å². The molecule has 0 atom stereocenters. The number of benzene rings is 1. The molecule has 0 aromatic heterocycles. The molecule has 1 aromatic rings. The topological polar surface area (TPSA) is 0 Å². The van der Waals surface area contributed by atoms with Crippen molar-refractivity contribution in [2.45, 2.75) is 66.2 Å². The molecule has 0 aliphatic heterocycles. The van der Waals surface area contributed by atoms with Crippen molar-refractivity contribution in [2.24, 2.45) is 0 Å². The third kappa shape index (κ3) is 2.43. The SMILES string of the molecule is Cc1c(C)c(C(C)(C)C)c(F)c(F)c1C(C)(C)C. The number of rotatable bonds is 0. The smallest absolute Gasteiger partial charge is 0.163 e. The zero-order chi connectivity index (χ0) is 14.5. The van der Waals surface area contributed by atoms with E-state index in [0.29, 0.717) is 11.1 Å². The van der Waals surface area contributed by atoms with E-state index in [1.807, 2.05) is 55.4 Å². The van der Waals surface area contributed by atoms with Crippen LogP contribution in [0.15, 0.2) is 0 Å². The van der Waals surface area contributed by atoms with E-state index in [4.69, 9.17) is 0 Å². The van der Waals surface area contributed by atoms with Crippen LogP contribution in [0.4, 0.5) is 8.78 Å². The summed E-state index contributed by atoms with van der Waals surface area (Å²) in [6, 6.07) is 0. The van der Waals surface area contributed by atoms with Crippen molar-refractivity contribution >= 4 is 0 Å². The van der Waals surface area contributed by atoms with E-state index < -0.39 is 22.5 Å². The summed E-state index contributed by atoms with van der Waals surface area (Å²) in [6.07, 6.45) is 0. The van der Waals surface area contributed by atoms with Crippen LogP contribution in [0.2, 0.25) is 0 Å². The van der Waals surface area contributed by atoms with E-state index in [1.54, 1.807) is 0 Å². The summed E-state index contributed by atoms with van der Waals surface area (Å²) in [5.74, 6) is -1.37. The summed E-state index contributed by atoms with van der Waals surface area (Å²) in [5.41, 5.74) is 1.93. The maximum Gasteiger partial charge on any atom is 0.163 e. The van der Waals surface area contributed by atoms with Gasteiger partial charge in [-0.05, 0) is 46.9 Å². The van der Waals surface area contributed by atoms with Crippen LogP contribution >= 0.6 is 0 Å². The van der Waals surface area contributed by atoms with Crippen LogP contribution in [0.25, 0.3) is 0 Å². The van der Waals surface area contributed by atoms with Crippen molar-refractivity contribution in [2.75, 3.05) is 0 Å². The molecule has 0 saturated carbocycles. The molecule has 1 aromatic carbocycles. The average molecular weight is 254 g/mol. The molecule has 0 fully saturated rings. The first kappa shape index (κ1) is 15.1. The van der Waals surface area contributed by atoms with E-state index in [9.17, 15) is 8.78 Å². The van der Waals surface area contributed by atoms with Crippen molar-refractivity contribution < 1.29 is 8.78 Å². The Balaban J connectivity index is 3.79. The summed E-state index contributed by atoms with van der Waals surface area (Å²) in [4.78, 5) is 0. The minimum absolute atomic E-state index is 0.393. The summed E-state index contributed by atoms with van der Waals surface area (Å²) < 4.78 is 28.7. The molecule has 0 aliphatic rings. The zero-order valence-corrected chi connectivity index (χ0v) is 12.8. The van der Waals surface area contributed by atoms with Crippen LogP contribution in [-0.2, 0) is 10.8 Å². The van der Waals surface area contributed by atoms with Crippen LogP contribution < -0.4 is 0 Å². The lowest BCUT2D eigenvalue weighted by molar-refractivity contribution is 0.433. The quantitative estimate of drug-likeness (QED) is 0.598.